The molecule has 3 nitrogen and oxygen atoms in total. The number of aromatic nitrogens is 1. The summed E-state index contributed by atoms with van der Waals surface area (Å²) in [5, 5.41) is 1.22. The van der Waals surface area contributed by atoms with Gasteiger partial charge in [0.2, 0.25) is 0 Å². The topological polar surface area (TPSA) is 11.4 Å². The monoisotopic (exact) mass is 365 g/mol. The number of likely N-dealkylation sites (N-methyl/N-ethyl adjacent to an activating group) is 1. The molecule has 4 rings (SSSR count). The van der Waals surface area contributed by atoms with Crippen LogP contribution in [0.2, 0.25) is 0 Å². The number of piperazine rings is 1. The van der Waals surface area contributed by atoms with Crippen LogP contribution < -0.4 is 0 Å². The van der Waals surface area contributed by atoms with Crippen LogP contribution in [0.1, 0.15) is 17.5 Å². The van der Waals surface area contributed by atoms with Crippen molar-refractivity contribution in [2.24, 2.45) is 0 Å². The van der Waals surface area contributed by atoms with Crippen LogP contribution in [0.5, 0.6) is 0 Å². The van der Waals surface area contributed by atoms with Gasteiger partial charge in [-0.2, -0.15) is 0 Å². The van der Waals surface area contributed by atoms with E-state index in [-0.39, 0.29) is 5.82 Å². The molecule has 1 saturated heterocycles. The first-order chi connectivity index (χ1) is 13.2. The molecular weight excluding hydrogens is 337 g/mol. The average Bonchev–Trinajstić information content (AvgIpc) is 3.07. The van der Waals surface area contributed by atoms with Gasteiger partial charge in [0.15, 0.2) is 0 Å². The lowest BCUT2D eigenvalue weighted by atomic mass is 10.1. The van der Waals surface area contributed by atoms with E-state index in [1.807, 2.05) is 12.1 Å². The Hall–Kier alpha value is -2.17. The van der Waals surface area contributed by atoms with Crippen molar-refractivity contribution >= 4 is 10.9 Å². The molecule has 1 fully saturated rings. The summed E-state index contributed by atoms with van der Waals surface area (Å²) in [6, 6.07) is 15.9. The number of hydrogen-bond acceptors (Lipinski definition) is 2. The SMILES string of the molecule is CN1CCN(CCCc2ccc3ccn(Cc4ccccc4F)c3c2)CC1. The lowest BCUT2D eigenvalue weighted by Crippen LogP contribution is -2.44. The fourth-order valence-electron chi connectivity index (χ4n) is 3.91. The van der Waals surface area contributed by atoms with Crippen molar-refractivity contribution in [3.8, 4) is 0 Å². The minimum Gasteiger partial charge on any atom is -0.343 e. The quantitative estimate of drug-likeness (QED) is 0.654. The third-order valence-corrected chi connectivity index (χ3v) is 5.67. The van der Waals surface area contributed by atoms with E-state index >= 15 is 0 Å². The molecule has 1 aliphatic rings. The zero-order valence-corrected chi connectivity index (χ0v) is 16.1. The smallest absolute Gasteiger partial charge is 0.128 e. The minimum atomic E-state index is -0.136. The van der Waals surface area contributed by atoms with Crippen LogP contribution in [-0.2, 0) is 13.0 Å². The summed E-state index contributed by atoms with van der Waals surface area (Å²) in [5.74, 6) is -0.136. The van der Waals surface area contributed by atoms with Crippen molar-refractivity contribution < 1.29 is 4.39 Å². The highest BCUT2D eigenvalue weighted by atomic mass is 19.1. The van der Waals surface area contributed by atoms with Crippen LogP contribution >= 0.6 is 0 Å². The fraction of sp³-hybridized carbons (Fsp3) is 0.391. The van der Waals surface area contributed by atoms with Gasteiger partial charge in [-0.25, -0.2) is 4.39 Å². The highest BCUT2D eigenvalue weighted by Gasteiger charge is 2.13. The van der Waals surface area contributed by atoms with E-state index in [1.165, 1.54) is 61.7 Å². The van der Waals surface area contributed by atoms with Gasteiger partial charge in [-0.3, -0.25) is 0 Å². The lowest BCUT2D eigenvalue weighted by molar-refractivity contribution is 0.153. The van der Waals surface area contributed by atoms with Crippen molar-refractivity contribution in [1.82, 2.24) is 14.4 Å². The maximum absolute atomic E-state index is 14.0. The number of nitrogens with zero attached hydrogens (tertiary/aromatic N) is 3. The molecule has 0 N–H and O–H groups in total. The van der Waals surface area contributed by atoms with E-state index in [2.05, 4.69) is 51.9 Å². The van der Waals surface area contributed by atoms with Crippen LogP contribution in [0.25, 0.3) is 10.9 Å². The van der Waals surface area contributed by atoms with Gasteiger partial charge in [-0.05, 0) is 55.6 Å². The Morgan fingerprint density at radius 2 is 1.78 bits per heavy atom. The number of rotatable bonds is 6. The highest BCUT2D eigenvalue weighted by Crippen LogP contribution is 2.21. The molecule has 0 spiro atoms. The third kappa shape index (κ3) is 4.40. The zero-order valence-electron chi connectivity index (χ0n) is 16.1. The summed E-state index contributed by atoms with van der Waals surface area (Å²) in [6.45, 7) is 6.45. The molecule has 0 unspecified atom stereocenters. The van der Waals surface area contributed by atoms with Gasteiger partial charge in [0, 0.05) is 43.5 Å². The molecule has 142 valence electrons. The molecule has 4 heteroatoms. The first-order valence-corrected chi connectivity index (χ1v) is 9.91. The van der Waals surface area contributed by atoms with E-state index in [9.17, 15) is 4.39 Å². The number of aryl methyl sites for hydroxylation is 1. The third-order valence-electron chi connectivity index (χ3n) is 5.67. The predicted molar refractivity (Wildman–Crippen MR) is 110 cm³/mol. The Balaban J connectivity index is 1.41. The summed E-state index contributed by atoms with van der Waals surface area (Å²) >= 11 is 0. The van der Waals surface area contributed by atoms with Gasteiger partial charge in [-0.1, -0.05) is 30.3 Å². The molecule has 0 aliphatic carbocycles. The lowest BCUT2D eigenvalue weighted by Gasteiger charge is -2.32. The molecule has 27 heavy (non-hydrogen) atoms. The zero-order chi connectivity index (χ0) is 18.6. The largest absolute Gasteiger partial charge is 0.343 e. The van der Waals surface area contributed by atoms with Crippen molar-refractivity contribution in [3.05, 3.63) is 71.7 Å². The predicted octanol–water partition coefficient (Wildman–Crippen LogP) is 4.01. The second-order valence-corrected chi connectivity index (χ2v) is 7.68. The number of benzene rings is 2. The molecule has 3 aromatic rings. The normalized spacial score (nSPS) is 16.2. The molecular formula is C23H28FN3. The molecule has 2 aromatic carbocycles. The van der Waals surface area contributed by atoms with Crippen LogP contribution in [0, 0.1) is 5.82 Å². The Morgan fingerprint density at radius 1 is 0.963 bits per heavy atom. The van der Waals surface area contributed by atoms with Gasteiger partial charge < -0.3 is 14.4 Å². The Bertz CT molecular complexity index is 894. The Labute approximate surface area is 161 Å². The van der Waals surface area contributed by atoms with Crippen LogP contribution in [0.15, 0.2) is 54.7 Å². The summed E-state index contributed by atoms with van der Waals surface area (Å²) in [6.07, 6.45) is 4.33. The van der Waals surface area contributed by atoms with Crippen molar-refractivity contribution in [1.29, 1.82) is 0 Å². The number of fused-ring (bicyclic) bond motifs is 1. The standard InChI is InChI=1S/C23H28FN3/c1-25-13-15-26(16-14-25)11-4-5-19-8-9-20-10-12-27(23(20)17-19)18-21-6-2-3-7-22(21)24/h2-3,6-10,12,17H,4-5,11,13-16,18H2,1H3. The Kier molecular flexibility index (Phi) is 5.55. The maximum Gasteiger partial charge on any atom is 0.128 e. The second kappa shape index (κ2) is 8.24. The van der Waals surface area contributed by atoms with Gasteiger partial charge in [-0.15, -0.1) is 0 Å². The Morgan fingerprint density at radius 3 is 2.59 bits per heavy atom. The van der Waals surface area contributed by atoms with Crippen molar-refractivity contribution in [2.45, 2.75) is 19.4 Å². The van der Waals surface area contributed by atoms with Crippen LogP contribution in [-0.4, -0.2) is 54.1 Å². The van der Waals surface area contributed by atoms with E-state index in [1.54, 1.807) is 6.07 Å². The summed E-state index contributed by atoms with van der Waals surface area (Å²) in [5.41, 5.74) is 3.29. The van der Waals surface area contributed by atoms with E-state index < -0.39 is 0 Å². The molecule has 0 bridgehead atoms. The van der Waals surface area contributed by atoms with Gasteiger partial charge >= 0.3 is 0 Å². The van der Waals surface area contributed by atoms with E-state index in [4.69, 9.17) is 0 Å². The average molecular weight is 365 g/mol. The summed E-state index contributed by atoms with van der Waals surface area (Å²) in [4.78, 5) is 4.97. The van der Waals surface area contributed by atoms with Gasteiger partial charge in [0.1, 0.15) is 5.82 Å². The first kappa shape index (κ1) is 18.2. The maximum atomic E-state index is 14.0. The van der Waals surface area contributed by atoms with E-state index in [0.717, 1.165) is 12.0 Å². The number of halogens is 1. The molecule has 0 atom stereocenters. The van der Waals surface area contributed by atoms with Gasteiger partial charge in [0.25, 0.3) is 0 Å². The van der Waals surface area contributed by atoms with Crippen LogP contribution in [0.3, 0.4) is 0 Å². The molecule has 1 aliphatic heterocycles. The molecule has 2 heterocycles. The van der Waals surface area contributed by atoms with Crippen molar-refractivity contribution in [2.75, 3.05) is 39.8 Å². The summed E-state index contributed by atoms with van der Waals surface area (Å²) < 4.78 is 16.2. The molecule has 0 radical (unpaired) electrons. The molecule has 1 aromatic heterocycles. The number of hydrogen-bond donors (Lipinski definition) is 0. The molecule has 0 saturated carbocycles. The molecule has 0 amide bonds. The minimum absolute atomic E-state index is 0.136. The second-order valence-electron chi connectivity index (χ2n) is 7.68. The fourth-order valence-corrected chi connectivity index (χ4v) is 3.91. The van der Waals surface area contributed by atoms with E-state index in [0.29, 0.717) is 6.54 Å². The van der Waals surface area contributed by atoms with Crippen molar-refractivity contribution in [3.63, 3.8) is 0 Å². The summed E-state index contributed by atoms with van der Waals surface area (Å²) in [7, 11) is 2.20. The van der Waals surface area contributed by atoms with Crippen LogP contribution in [0.4, 0.5) is 4.39 Å². The highest BCUT2D eigenvalue weighted by molar-refractivity contribution is 5.81. The first-order valence-electron chi connectivity index (χ1n) is 9.91. The van der Waals surface area contributed by atoms with Gasteiger partial charge in [0.05, 0.1) is 6.54 Å².